The Morgan fingerprint density at radius 3 is 2.66 bits per heavy atom. The summed E-state index contributed by atoms with van der Waals surface area (Å²) in [4.78, 5) is 19.1. The molecule has 5 atom stereocenters. The van der Waals surface area contributed by atoms with E-state index in [1.807, 2.05) is 0 Å². The third kappa shape index (κ3) is 3.91. The number of amides is 1. The number of nitrogens with zero attached hydrogens (tertiary/aromatic N) is 2. The van der Waals surface area contributed by atoms with Crippen molar-refractivity contribution in [3.05, 3.63) is 29.3 Å². The molecule has 2 saturated carbocycles. The van der Waals surface area contributed by atoms with E-state index in [2.05, 4.69) is 9.89 Å². The molecule has 2 aliphatic carbocycles. The SMILES string of the molecule is O=C(COc1ccc(Cl)cc1)N=C1S[C@@H]2CS(=O)(=O)C[C@@H]2N1[C@@H]1C[C@@H]2CC[C@@H]1C2. The molecule has 2 heterocycles. The maximum absolute atomic E-state index is 12.5. The lowest BCUT2D eigenvalue weighted by atomic mass is 9.93. The number of carbonyl (C=O) groups excluding carboxylic acids is 1. The summed E-state index contributed by atoms with van der Waals surface area (Å²) in [6, 6.07) is 7.09. The molecule has 0 aromatic heterocycles. The second-order valence-corrected chi connectivity index (χ2v) is 12.3. The number of halogens is 1. The van der Waals surface area contributed by atoms with Gasteiger partial charge in [0.25, 0.3) is 5.91 Å². The first-order valence-electron chi connectivity index (χ1n) is 10.0. The minimum Gasteiger partial charge on any atom is -0.484 e. The van der Waals surface area contributed by atoms with Crippen molar-refractivity contribution in [3.8, 4) is 5.75 Å². The average molecular weight is 455 g/mol. The van der Waals surface area contributed by atoms with E-state index in [-0.39, 0.29) is 35.3 Å². The molecule has 1 aromatic rings. The molecule has 0 N–H and O–H groups in total. The summed E-state index contributed by atoms with van der Waals surface area (Å²) in [6.07, 6.45) is 4.77. The van der Waals surface area contributed by atoms with Gasteiger partial charge in [0.1, 0.15) is 5.75 Å². The van der Waals surface area contributed by atoms with Crippen LogP contribution in [0.5, 0.6) is 5.75 Å². The molecule has 2 saturated heterocycles. The number of ether oxygens (including phenoxy) is 1. The summed E-state index contributed by atoms with van der Waals surface area (Å²) in [6.45, 7) is -0.149. The molecular formula is C20H23ClN2O4S2. The summed E-state index contributed by atoms with van der Waals surface area (Å²) in [7, 11) is -3.02. The molecule has 29 heavy (non-hydrogen) atoms. The van der Waals surface area contributed by atoms with Crippen LogP contribution in [0.3, 0.4) is 0 Å². The molecule has 4 aliphatic rings. The fraction of sp³-hybridized carbons (Fsp3) is 0.600. The van der Waals surface area contributed by atoms with Crippen LogP contribution in [-0.2, 0) is 14.6 Å². The maximum Gasteiger partial charge on any atom is 0.285 e. The lowest BCUT2D eigenvalue weighted by molar-refractivity contribution is -0.119. The Kier molecular flexibility index (Phi) is 5.07. The fourth-order valence-electron chi connectivity index (χ4n) is 5.35. The summed E-state index contributed by atoms with van der Waals surface area (Å²) in [5.41, 5.74) is 0. The molecule has 4 fully saturated rings. The van der Waals surface area contributed by atoms with Gasteiger partial charge in [0.2, 0.25) is 0 Å². The van der Waals surface area contributed by atoms with Crippen LogP contribution in [0.4, 0.5) is 0 Å². The molecular weight excluding hydrogens is 432 g/mol. The third-order valence-electron chi connectivity index (χ3n) is 6.56. The molecule has 2 bridgehead atoms. The number of amidine groups is 1. The summed E-state index contributed by atoms with van der Waals surface area (Å²) in [5, 5.41) is 1.27. The Bertz CT molecular complexity index is 950. The van der Waals surface area contributed by atoms with Gasteiger partial charge in [-0.2, -0.15) is 4.99 Å². The van der Waals surface area contributed by atoms with Crippen LogP contribution in [-0.4, -0.2) is 59.8 Å². The highest BCUT2D eigenvalue weighted by atomic mass is 35.5. The van der Waals surface area contributed by atoms with Crippen molar-refractivity contribution < 1.29 is 17.9 Å². The van der Waals surface area contributed by atoms with E-state index in [0.717, 1.165) is 12.3 Å². The first-order valence-corrected chi connectivity index (χ1v) is 13.1. The van der Waals surface area contributed by atoms with E-state index in [1.54, 1.807) is 24.3 Å². The van der Waals surface area contributed by atoms with E-state index in [9.17, 15) is 13.2 Å². The van der Waals surface area contributed by atoms with Crippen molar-refractivity contribution >= 4 is 44.3 Å². The molecule has 0 radical (unpaired) electrons. The van der Waals surface area contributed by atoms with Crippen LogP contribution < -0.4 is 4.74 Å². The summed E-state index contributed by atoms with van der Waals surface area (Å²) < 4.78 is 29.9. The largest absolute Gasteiger partial charge is 0.484 e. The van der Waals surface area contributed by atoms with Gasteiger partial charge in [0.15, 0.2) is 21.6 Å². The van der Waals surface area contributed by atoms with Crippen molar-refractivity contribution in [1.29, 1.82) is 0 Å². The van der Waals surface area contributed by atoms with Crippen molar-refractivity contribution in [2.45, 2.75) is 43.0 Å². The van der Waals surface area contributed by atoms with Crippen LogP contribution in [0, 0.1) is 11.8 Å². The molecule has 156 valence electrons. The average Bonchev–Trinajstić information content (AvgIpc) is 3.41. The lowest BCUT2D eigenvalue weighted by Gasteiger charge is -2.36. The number of hydrogen-bond donors (Lipinski definition) is 0. The fourth-order valence-corrected chi connectivity index (χ4v) is 9.46. The highest BCUT2D eigenvalue weighted by Gasteiger charge is 2.54. The monoisotopic (exact) mass is 454 g/mol. The minimum atomic E-state index is -3.02. The lowest BCUT2D eigenvalue weighted by Crippen LogP contribution is -2.47. The number of rotatable bonds is 4. The molecule has 6 nitrogen and oxygen atoms in total. The molecule has 1 amide bonds. The summed E-state index contributed by atoms with van der Waals surface area (Å²) in [5.74, 6) is 1.89. The number of sulfone groups is 1. The maximum atomic E-state index is 12.5. The first-order chi connectivity index (χ1) is 13.9. The molecule has 2 aliphatic heterocycles. The number of thioether (sulfide) groups is 1. The van der Waals surface area contributed by atoms with Crippen LogP contribution in [0.1, 0.15) is 25.7 Å². The van der Waals surface area contributed by atoms with Gasteiger partial charge in [-0.15, -0.1) is 0 Å². The Morgan fingerprint density at radius 2 is 1.97 bits per heavy atom. The van der Waals surface area contributed by atoms with Gasteiger partial charge in [0.05, 0.1) is 17.5 Å². The van der Waals surface area contributed by atoms with E-state index in [0.29, 0.717) is 27.9 Å². The predicted molar refractivity (Wildman–Crippen MR) is 114 cm³/mol. The Morgan fingerprint density at radius 1 is 1.17 bits per heavy atom. The van der Waals surface area contributed by atoms with Gasteiger partial charge < -0.3 is 9.64 Å². The van der Waals surface area contributed by atoms with Crippen LogP contribution in [0.25, 0.3) is 0 Å². The second kappa shape index (κ2) is 7.46. The minimum absolute atomic E-state index is 0.0251. The van der Waals surface area contributed by atoms with Gasteiger partial charge in [-0.25, -0.2) is 8.42 Å². The van der Waals surface area contributed by atoms with E-state index in [1.165, 1.54) is 31.0 Å². The first kappa shape index (κ1) is 19.7. The highest BCUT2D eigenvalue weighted by Crippen LogP contribution is 2.51. The smallest absolute Gasteiger partial charge is 0.285 e. The quantitative estimate of drug-likeness (QED) is 0.696. The third-order valence-corrected chi connectivity index (χ3v) is 10.0. The standard InChI is InChI=1S/C20H23ClN2O4S2/c21-14-3-5-15(6-4-14)27-9-19(24)22-20-23(16-8-12-1-2-13(16)7-12)17-10-29(25,26)11-18(17)28-20/h3-6,12-13,16-18H,1-2,7-11H2/t12-,13-,16-,17+,18-/m1/s1. The molecule has 0 unspecified atom stereocenters. The van der Waals surface area contributed by atoms with Gasteiger partial charge >= 0.3 is 0 Å². The molecule has 5 rings (SSSR count). The molecule has 0 spiro atoms. The summed E-state index contributed by atoms with van der Waals surface area (Å²) >= 11 is 7.32. The van der Waals surface area contributed by atoms with Crippen LogP contribution in [0.2, 0.25) is 5.02 Å². The van der Waals surface area contributed by atoms with Crippen LogP contribution in [0.15, 0.2) is 29.3 Å². The van der Waals surface area contributed by atoms with Gasteiger partial charge in [-0.05, 0) is 55.4 Å². The van der Waals surface area contributed by atoms with Crippen molar-refractivity contribution in [2.24, 2.45) is 16.8 Å². The number of carbonyl (C=O) groups is 1. The topological polar surface area (TPSA) is 76.0 Å². The number of benzene rings is 1. The van der Waals surface area contributed by atoms with Crippen molar-refractivity contribution in [2.75, 3.05) is 18.1 Å². The van der Waals surface area contributed by atoms with Gasteiger partial charge in [-0.3, -0.25) is 4.79 Å². The van der Waals surface area contributed by atoms with Crippen molar-refractivity contribution in [1.82, 2.24) is 4.90 Å². The van der Waals surface area contributed by atoms with E-state index < -0.39 is 9.84 Å². The molecule has 1 aromatic carbocycles. The molecule has 9 heteroatoms. The highest BCUT2D eigenvalue weighted by molar-refractivity contribution is 8.15. The zero-order valence-electron chi connectivity index (χ0n) is 15.9. The predicted octanol–water partition coefficient (Wildman–Crippen LogP) is 3.00. The Balaban J connectivity index is 1.33. The zero-order valence-corrected chi connectivity index (χ0v) is 18.3. The number of hydrogen-bond acceptors (Lipinski definition) is 5. The Hall–Kier alpha value is -1.25. The van der Waals surface area contributed by atoms with E-state index in [4.69, 9.17) is 16.3 Å². The number of fused-ring (bicyclic) bond motifs is 3. The second-order valence-electron chi connectivity index (χ2n) is 8.48. The number of aliphatic imine (C=N–C) groups is 1. The van der Waals surface area contributed by atoms with Gasteiger partial charge in [0, 0.05) is 16.3 Å². The van der Waals surface area contributed by atoms with Crippen molar-refractivity contribution in [3.63, 3.8) is 0 Å². The van der Waals surface area contributed by atoms with Crippen LogP contribution >= 0.6 is 23.4 Å². The zero-order chi connectivity index (χ0) is 20.2. The normalized spacial score (nSPS) is 36.0. The van der Waals surface area contributed by atoms with Gasteiger partial charge in [-0.1, -0.05) is 29.8 Å². The Labute approximate surface area is 179 Å². The van der Waals surface area contributed by atoms with E-state index >= 15 is 0 Å².